The number of likely N-dealkylation sites (tertiary alicyclic amines) is 2. The summed E-state index contributed by atoms with van der Waals surface area (Å²) in [5.41, 5.74) is 1.34. The van der Waals surface area contributed by atoms with Crippen molar-refractivity contribution in [3.05, 3.63) is 34.9 Å². The smallest absolute Gasteiger partial charge is 0.225 e. The van der Waals surface area contributed by atoms with Crippen LogP contribution >= 0.6 is 11.6 Å². The minimum atomic E-state index is 0.205. The molecule has 3 heterocycles. The molecule has 0 bridgehead atoms. The summed E-state index contributed by atoms with van der Waals surface area (Å²) in [7, 11) is 0. The van der Waals surface area contributed by atoms with E-state index >= 15 is 0 Å². The second-order valence-corrected chi connectivity index (χ2v) is 8.90. The van der Waals surface area contributed by atoms with Gasteiger partial charge in [-0.3, -0.25) is 9.69 Å². The van der Waals surface area contributed by atoms with Gasteiger partial charge in [-0.1, -0.05) is 23.7 Å². The number of hydrogen-bond acceptors (Lipinski definition) is 3. The SMILES string of the molecule is O=C(C1CCOCC1)N1CCC(C2CCN(Cc3ccc(Cl)cc3)C2)CC1. The Bertz CT molecular complexity index is 622. The Morgan fingerprint density at radius 3 is 2.33 bits per heavy atom. The molecular formula is C22H31ClN2O2. The number of benzene rings is 1. The topological polar surface area (TPSA) is 32.8 Å². The average molecular weight is 391 g/mol. The van der Waals surface area contributed by atoms with Gasteiger partial charge in [0.05, 0.1) is 0 Å². The third kappa shape index (κ3) is 4.85. The maximum atomic E-state index is 12.7. The molecule has 4 rings (SSSR count). The van der Waals surface area contributed by atoms with Gasteiger partial charge in [-0.05, 0) is 68.2 Å². The first kappa shape index (κ1) is 19.2. The van der Waals surface area contributed by atoms with E-state index in [1.807, 2.05) is 12.1 Å². The molecule has 1 unspecified atom stereocenters. The first-order valence-electron chi connectivity index (χ1n) is 10.5. The van der Waals surface area contributed by atoms with Crippen molar-refractivity contribution in [2.24, 2.45) is 17.8 Å². The second-order valence-electron chi connectivity index (χ2n) is 8.46. The van der Waals surface area contributed by atoms with Gasteiger partial charge in [0, 0.05) is 50.3 Å². The molecule has 3 saturated heterocycles. The normalized spacial score (nSPS) is 25.8. The maximum Gasteiger partial charge on any atom is 0.225 e. The number of ether oxygens (including phenoxy) is 1. The van der Waals surface area contributed by atoms with Gasteiger partial charge in [0.2, 0.25) is 5.91 Å². The van der Waals surface area contributed by atoms with Crippen molar-refractivity contribution in [1.29, 1.82) is 0 Å². The standard InChI is InChI=1S/C22H31ClN2O2/c23-21-3-1-17(2-4-21)15-24-10-5-20(16-24)18-6-11-25(12-7-18)22(26)19-8-13-27-14-9-19/h1-4,18-20H,5-16H2. The molecule has 3 aliphatic heterocycles. The quantitative estimate of drug-likeness (QED) is 0.783. The minimum absolute atomic E-state index is 0.205. The zero-order valence-corrected chi connectivity index (χ0v) is 16.9. The van der Waals surface area contributed by atoms with Gasteiger partial charge in [-0.2, -0.15) is 0 Å². The fourth-order valence-electron chi connectivity index (χ4n) is 5.03. The van der Waals surface area contributed by atoms with E-state index in [-0.39, 0.29) is 5.92 Å². The number of halogens is 1. The number of hydrogen-bond donors (Lipinski definition) is 0. The molecule has 0 saturated carbocycles. The molecule has 148 valence electrons. The van der Waals surface area contributed by atoms with E-state index in [2.05, 4.69) is 21.9 Å². The van der Waals surface area contributed by atoms with Gasteiger partial charge in [0.25, 0.3) is 0 Å². The van der Waals surface area contributed by atoms with Crippen LogP contribution in [0.15, 0.2) is 24.3 Å². The number of nitrogens with zero attached hydrogens (tertiary/aromatic N) is 2. The lowest BCUT2D eigenvalue weighted by molar-refractivity contribution is -0.140. The van der Waals surface area contributed by atoms with Crippen LogP contribution in [-0.2, 0) is 16.1 Å². The van der Waals surface area contributed by atoms with Crippen molar-refractivity contribution in [1.82, 2.24) is 9.80 Å². The van der Waals surface area contributed by atoms with Gasteiger partial charge < -0.3 is 9.64 Å². The summed E-state index contributed by atoms with van der Waals surface area (Å²) in [4.78, 5) is 17.4. The number of amides is 1. The van der Waals surface area contributed by atoms with Crippen LogP contribution in [0.3, 0.4) is 0 Å². The Hall–Kier alpha value is -1.10. The number of carbonyl (C=O) groups excluding carboxylic acids is 1. The summed E-state index contributed by atoms with van der Waals surface area (Å²) in [5, 5.41) is 0.806. The highest BCUT2D eigenvalue weighted by Crippen LogP contribution is 2.33. The van der Waals surface area contributed by atoms with Crippen LogP contribution < -0.4 is 0 Å². The maximum absolute atomic E-state index is 12.7. The Labute approximate surface area is 167 Å². The fourth-order valence-corrected chi connectivity index (χ4v) is 5.16. The van der Waals surface area contributed by atoms with Crippen molar-refractivity contribution < 1.29 is 9.53 Å². The first-order valence-corrected chi connectivity index (χ1v) is 10.9. The van der Waals surface area contributed by atoms with Crippen LogP contribution in [0.1, 0.15) is 37.7 Å². The highest BCUT2D eigenvalue weighted by atomic mass is 35.5. The molecule has 4 nitrogen and oxygen atoms in total. The first-order chi connectivity index (χ1) is 13.2. The Balaban J connectivity index is 1.23. The van der Waals surface area contributed by atoms with Crippen molar-refractivity contribution >= 4 is 17.5 Å². The van der Waals surface area contributed by atoms with Crippen LogP contribution in [0.5, 0.6) is 0 Å². The Morgan fingerprint density at radius 1 is 0.963 bits per heavy atom. The van der Waals surface area contributed by atoms with E-state index < -0.39 is 0 Å². The number of rotatable bonds is 4. The fraction of sp³-hybridized carbons (Fsp3) is 0.682. The molecule has 3 fully saturated rings. The molecule has 0 N–H and O–H groups in total. The number of carbonyl (C=O) groups is 1. The van der Waals surface area contributed by atoms with Crippen molar-refractivity contribution in [3.63, 3.8) is 0 Å². The van der Waals surface area contributed by atoms with E-state index in [4.69, 9.17) is 16.3 Å². The third-order valence-corrected chi connectivity index (χ3v) is 6.97. The van der Waals surface area contributed by atoms with Gasteiger partial charge in [-0.15, -0.1) is 0 Å². The van der Waals surface area contributed by atoms with Crippen LogP contribution in [-0.4, -0.2) is 55.1 Å². The zero-order valence-electron chi connectivity index (χ0n) is 16.1. The van der Waals surface area contributed by atoms with Crippen molar-refractivity contribution in [2.45, 2.75) is 38.6 Å². The molecular weight excluding hydrogens is 360 g/mol. The van der Waals surface area contributed by atoms with Crippen molar-refractivity contribution in [2.75, 3.05) is 39.4 Å². The molecule has 0 radical (unpaired) electrons. The van der Waals surface area contributed by atoms with Gasteiger partial charge in [0.15, 0.2) is 0 Å². The summed E-state index contributed by atoms with van der Waals surface area (Å²) in [6, 6.07) is 8.23. The van der Waals surface area contributed by atoms with E-state index in [0.29, 0.717) is 5.91 Å². The average Bonchev–Trinajstić information content (AvgIpc) is 3.18. The summed E-state index contributed by atoms with van der Waals surface area (Å²) >= 11 is 5.99. The molecule has 0 aromatic heterocycles. The molecule has 0 spiro atoms. The molecule has 1 atom stereocenters. The Kier molecular flexibility index (Phi) is 6.36. The summed E-state index contributed by atoms with van der Waals surface area (Å²) in [6.45, 7) is 6.81. The molecule has 1 amide bonds. The predicted octanol–water partition coefficient (Wildman–Crippen LogP) is 3.83. The summed E-state index contributed by atoms with van der Waals surface area (Å²) < 4.78 is 5.40. The third-order valence-electron chi connectivity index (χ3n) is 6.72. The number of piperidine rings is 1. The molecule has 5 heteroatoms. The molecule has 3 aliphatic rings. The van der Waals surface area contributed by atoms with Crippen LogP contribution in [0, 0.1) is 17.8 Å². The monoisotopic (exact) mass is 390 g/mol. The van der Waals surface area contributed by atoms with E-state index in [1.165, 1.54) is 37.9 Å². The lowest BCUT2D eigenvalue weighted by Crippen LogP contribution is -2.44. The highest BCUT2D eigenvalue weighted by Gasteiger charge is 2.34. The highest BCUT2D eigenvalue weighted by molar-refractivity contribution is 6.30. The summed E-state index contributed by atoms with van der Waals surface area (Å²) in [5.74, 6) is 2.15. The second kappa shape index (κ2) is 8.93. The van der Waals surface area contributed by atoms with Crippen molar-refractivity contribution in [3.8, 4) is 0 Å². The van der Waals surface area contributed by atoms with Crippen LogP contribution in [0.4, 0.5) is 0 Å². The zero-order chi connectivity index (χ0) is 18.6. The predicted molar refractivity (Wildman–Crippen MR) is 108 cm³/mol. The van der Waals surface area contributed by atoms with Crippen LogP contribution in [0.25, 0.3) is 0 Å². The largest absolute Gasteiger partial charge is 0.381 e. The van der Waals surface area contributed by atoms with Gasteiger partial charge in [0.1, 0.15) is 0 Å². The molecule has 1 aromatic carbocycles. The lowest BCUT2D eigenvalue weighted by Gasteiger charge is -2.37. The van der Waals surface area contributed by atoms with Gasteiger partial charge in [-0.25, -0.2) is 0 Å². The van der Waals surface area contributed by atoms with E-state index in [9.17, 15) is 4.79 Å². The van der Waals surface area contributed by atoms with E-state index in [1.54, 1.807) is 0 Å². The Morgan fingerprint density at radius 2 is 1.63 bits per heavy atom. The van der Waals surface area contributed by atoms with E-state index in [0.717, 1.165) is 62.5 Å². The van der Waals surface area contributed by atoms with Crippen LogP contribution in [0.2, 0.25) is 5.02 Å². The summed E-state index contributed by atoms with van der Waals surface area (Å²) in [6.07, 6.45) is 5.46. The minimum Gasteiger partial charge on any atom is -0.381 e. The molecule has 27 heavy (non-hydrogen) atoms. The molecule has 0 aliphatic carbocycles. The molecule has 1 aromatic rings. The van der Waals surface area contributed by atoms with Gasteiger partial charge >= 0.3 is 0 Å². The lowest BCUT2D eigenvalue weighted by atomic mass is 9.83.